The highest BCUT2D eigenvalue weighted by Gasteiger charge is 2.48. The van der Waals surface area contributed by atoms with Crippen molar-refractivity contribution in [3.8, 4) is 11.5 Å². The van der Waals surface area contributed by atoms with Gasteiger partial charge >= 0.3 is 5.91 Å². The van der Waals surface area contributed by atoms with Crippen molar-refractivity contribution in [3.05, 3.63) is 105 Å². The van der Waals surface area contributed by atoms with E-state index >= 15 is 0 Å². The Labute approximate surface area is 246 Å². The standard InChI is InChI=1S/C27H18ClN3O9S2/c1-40-20-12-15(4-11-19(20)32)23-22(24(33)14-2-5-16(28)6-3-14)25(34)26(35)30(23)27-29-13-21(41-27)42(38,39)18-9-7-17(8-10-18)31(36)37/h2-13,23,32-33H,1H3. The molecule has 1 saturated heterocycles. The number of nitrogens with zero attached hydrogens (tertiary/aromatic N) is 3. The van der Waals surface area contributed by atoms with Gasteiger partial charge in [-0.3, -0.25) is 24.6 Å². The molecular formula is C27H18ClN3O9S2. The molecule has 4 aromatic rings. The first-order valence-electron chi connectivity index (χ1n) is 11.8. The second-order valence-electron chi connectivity index (χ2n) is 8.82. The van der Waals surface area contributed by atoms with Crippen molar-refractivity contribution in [2.24, 2.45) is 0 Å². The average Bonchev–Trinajstić information content (AvgIpc) is 3.57. The summed E-state index contributed by atoms with van der Waals surface area (Å²) in [5, 5.41) is 32.5. The van der Waals surface area contributed by atoms with Gasteiger partial charge in [0.2, 0.25) is 9.84 Å². The maximum absolute atomic E-state index is 13.4. The first-order chi connectivity index (χ1) is 19.9. The Bertz CT molecular complexity index is 1890. The topological polar surface area (TPSA) is 177 Å². The lowest BCUT2D eigenvalue weighted by atomic mass is 9.95. The molecule has 0 saturated carbocycles. The highest BCUT2D eigenvalue weighted by molar-refractivity contribution is 7.93. The molecule has 1 atom stereocenters. The number of benzene rings is 3. The lowest BCUT2D eigenvalue weighted by molar-refractivity contribution is -0.384. The number of amides is 1. The third-order valence-electron chi connectivity index (χ3n) is 6.38. The molecule has 12 nitrogen and oxygen atoms in total. The maximum atomic E-state index is 13.4. The summed E-state index contributed by atoms with van der Waals surface area (Å²) in [4.78, 5) is 41.9. The molecule has 0 spiro atoms. The monoisotopic (exact) mass is 627 g/mol. The molecule has 1 aliphatic heterocycles. The molecule has 1 aliphatic rings. The van der Waals surface area contributed by atoms with Gasteiger partial charge in [0.25, 0.3) is 11.5 Å². The zero-order valence-corrected chi connectivity index (χ0v) is 23.7. The number of Topliss-reactive ketones (excluding diaryl/α,β-unsaturated/α-hetero) is 1. The average molecular weight is 628 g/mol. The van der Waals surface area contributed by atoms with Gasteiger partial charge in [0.1, 0.15) is 9.97 Å². The molecule has 0 radical (unpaired) electrons. The van der Waals surface area contributed by atoms with Crippen LogP contribution < -0.4 is 9.64 Å². The number of nitro benzene ring substituents is 1. The first kappa shape index (κ1) is 28.7. The van der Waals surface area contributed by atoms with E-state index in [4.69, 9.17) is 16.3 Å². The van der Waals surface area contributed by atoms with Gasteiger partial charge in [0.15, 0.2) is 16.6 Å². The number of carbonyl (C=O) groups excluding carboxylic acids is 2. The maximum Gasteiger partial charge on any atom is 0.301 e. The zero-order chi connectivity index (χ0) is 30.3. The molecule has 2 N–H and O–H groups in total. The normalized spacial score (nSPS) is 16.5. The highest BCUT2D eigenvalue weighted by atomic mass is 35.5. The summed E-state index contributed by atoms with van der Waals surface area (Å²) in [5.41, 5.74) is -0.180. The van der Waals surface area contributed by atoms with Crippen LogP contribution >= 0.6 is 22.9 Å². The minimum Gasteiger partial charge on any atom is -0.507 e. The second-order valence-corrected chi connectivity index (χ2v) is 12.4. The van der Waals surface area contributed by atoms with Crippen LogP contribution in [-0.2, 0) is 19.4 Å². The van der Waals surface area contributed by atoms with E-state index in [1.165, 1.54) is 49.6 Å². The fraction of sp³-hybridized carbons (Fsp3) is 0.0741. The van der Waals surface area contributed by atoms with Gasteiger partial charge in [-0.25, -0.2) is 13.4 Å². The minimum absolute atomic E-state index is 0.0187. The Morgan fingerprint density at radius 1 is 1.10 bits per heavy atom. The molecule has 1 aromatic heterocycles. The SMILES string of the molecule is COc1cc(C2C(=C(O)c3ccc(Cl)cc3)C(=O)C(=O)N2c2ncc(S(=O)(=O)c3ccc([N+](=O)[O-])cc3)s2)ccc1O. The van der Waals surface area contributed by atoms with Crippen molar-refractivity contribution in [1.29, 1.82) is 0 Å². The fourth-order valence-electron chi connectivity index (χ4n) is 4.32. The Balaban J connectivity index is 1.65. The number of phenolic OH excluding ortho intramolecular Hbond substituents is 1. The van der Waals surface area contributed by atoms with E-state index in [1.54, 1.807) is 0 Å². The van der Waals surface area contributed by atoms with Gasteiger partial charge in [-0.05, 0) is 54.1 Å². The number of aromatic hydroxyl groups is 1. The largest absolute Gasteiger partial charge is 0.507 e. The Morgan fingerprint density at radius 3 is 2.38 bits per heavy atom. The number of ketones is 1. The Kier molecular flexibility index (Phi) is 7.45. The number of anilines is 1. The van der Waals surface area contributed by atoms with Crippen molar-refractivity contribution in [2.75, 3.05) is 12.0 Å². The molecule has 1 amide bonds. The molecule has 15 heteroatoms. The second kappa shape index (κ2) is 10.9. The summed E-state index contributed by atoms with van der Waals surface area (Å²) in [6.45, 7) is 0. The van der Waals surface area contributed by atoms with Gasteiger partial charge in [-0.1, -0.05) is 29.0 Å². The molecular weight excluding hydrogens is 610 g/mol. The number of phenols is 1. The lowest BCUT2D eigenvalue weighted by Gasteiger charge is -2.23. The third kappa shape index (κ3) is 4.95. The van der Waals surface area contributed by atoms with Crippen LogP contribution in [0.15, 0.2) is 87.6 Å². The summed E-state index contributed by atoms with van der Waals surface area (Å²) < 4.78 is 31.4. The first-order valence-corrected chi connectivity index (χ1v) is 14.5. The molecule has 5 rings (SSSR count). The van der Waals surface area contributed by atoms with Crippen LogP contribution in [-0.4, -0.2) is 47.3 Å². The van der Waals surface area contributed by atoms with Crippen LogP contribution in [0.4, 0.5) is 10.8 Å². The van der Waals surface area contributed by atoms with Crippen LogP contribution in [0.2, 0.25) is 5.02 Å². The summed E-state index contributed by atoms with van der Waals surface area (Å²) in [7, 11) is -2.91. The summed E-state index contributed by atoms with van der Waals surface area (Å²) in [6, 6.07) is 12.9. The van der Waals surface area contributed by atoms with Crippen LogP contribution in [0.1, 0.15) is 17.2 Å². The molecule has 42 heavy (non-hydrogen) atoms. The highest BCUT2D eigenvalue weighted by Crippen LogP contribution is 2.45. The van der Waals surface area contributed by atoms with E-state index in [9.17, 15) is 38.3 Å². The number of hydrogen-bond donors (Lipinski definition) is 2. The van der Waals surface area contributed by atoms with E-state index in [0.29, 0.717) is 16.4 Å². The number of thiazole rings is 1. The van der Waals surface area contributed by atoms with E-state index < -0.39 is 38.3 Å². The number of sulfone groups is 1. The summed E-state index contributed by atoms with van der Waals surface area (Å²) >= 11 is 6.55. The van der Waals surface area contributed by atoms with Crippen molar-refractivity contribution in [3.63, 3.8) is 0 Å². The third-order valence-corrected chi connectivity index (χ3v) is 9.86. The molecule has 2 heterocycles. The summed E-state index contributed by atoms with van der Waals surface area (Å²) in [6.07, 6.45) is 1.00. The predicted octanol–water partition coefficient (Wildman–Crippen LogP) is 4.88. The van der Waals surface area contributed by atoms with Gasteiger partial charge in [0.05, 0.1) is 34.7 Å². The number of non-ortho nitro benzene ring substituents is 1. The van der Waals surface area contributed by atoms with Crippen LogP contribution in [0.25, 0.3) is 5.76 Å². The molecule has 1 fully saturated rings. The van der Waals surface area contributed by atoms with Crippen molar-refractivity contribution < 1.29 is 37.9 Å². The molecule has 0 bridgehead atoms. The number of aliphatic hydroxyl groups is 1. The number of aromatic nitrogens is 1. The van der Waals surface area contributed by atoms with Crippen LogP contribution in [0, 0.1) is 10.1 Å². The number of hydrogen-bond acceptors (Lipinski definition) is 11. The Morgan fingerprint density at radius 2 is 1.76 bits per heavy atom. The molecule has 214 valence electrons. The van der Waals surface area contributed by atoms with Crippen molar-refractivity contribution >= 4 is 61.0 Å². The van der Waals surface area contributed by atoms with E-state index in [2.05, 4.69) is 4.98 Å². The number of ether oxygens (including phenoxy) is 1. The van der Waals surface area contributed by atoms with Gasteiger partial charge in [-0.2, -0.15) is 0 Å². The molecule has 3 aromatic carbocycles. The fourth-order valence-corrected chi connectivity index (χ4v) is 6.99. The summed E-state index contributed by atoms with van der Waals surface area (Å²) in [5.74, 6) is -2.86. The van der Waals surface area contributed by atoms with Crippen molar-refractivity contribution in [1.82, 2.24) is 4.98 Å². The van der Waals surface area contributed by atoms with Crippen molar-refractivity contribution in [2.45, 2.75) is 15.1 Å². The number of methoxy groups -OCH3 is 1. The van der Waals surface area contributed by atoms with Gasteiger partial charge in [0, 0.05) is 22.7 Å². The van der Waals surface area contributed by atoms with Crippen LogP contribution in [0.5, 0.6) is 11.5 Å². The van der Waals surface area contributed by atoms with E-state index in [0.717, 1.165) is 35.4 Å². The zero-order valence-electron chi connectivity index (χ0n) is 21.3. The Hall–Kier alpha value is -4.79. The molecule has 1 unspecified atom stereocenters. The lowest BCUT2D eigenvalue weighted by Crippen LogP contribution is -2.29. The number of rotatable bonds is 7. The predicted molar refractivity (Wildman–Crippen MR) is 152 cm³/mol. The minimum atomic E-state index is -4.21. The molecule has 0 aliphatic carbocycles. The number of halogens is 1. The van der Waals surface area contributed by atoms with Gasteiger partial charge in [-0.15, -0.1) is 0 Å². The number of carbonyl (C=O) groups is 2. The quantitative estimate of drug-likeness (QED) is 0.0943. The smallest absolute Gasteiger partial charge is 0.301 e. The number of nitro groups is 1. The van der Waals surface area contributed by atoms with E-state index in [1.807, 2.05) is 0 Å². The van der Waals surface area contributed by atoms with E-state index in [-0.39, 0.29) is 48.1 Å². The van der Waals surface area contributed by atoms with Gasteiger partial charge < -0.3 is 14.9 Å². The number of aliphatic hydroxyl groups excluding tert-OH is 1. The van der Waals surface area contributed by atoms with Crippen LogP contribution in [0.3, 0.4) is 0 Å².